The molecule has 0 unspecified atom stereocenters. The molecule has 7 nitrogen and oxygen atoms in total. The highest BCUT2D eigenvalue weighted by Crippen LogP contribution is 2.22. The van der Waals surface area contributed by atoms with E-state index in [-0.39, 0.29) is 17.9 Å². The van der Waals surface area contributed by atoms with Crippen molar-refractivity contribution in [2.24, 2.45) is 0 Å². The summed E-state index contributed by atoms with van der Waals surface area (Å²) in [7, 11) is 1.58. The average molecular weight is 421 g/mol. The van der Waals surface area contributed by atoms with E-state index < -0.39 is 0 Å². The number of hydrogen-bond acceptors (Lipinski definition) is 5. The maximum atomic E-state index is 14.3. The molecule has 2 aromatic heterocycles. The van der Waals surface area contributed by atoms with E-state index in [1.807, 2.05) is 25.1 Å². The van der Waals surface area contributed by atoms with Gasteiger partial charge in [-0.2, -0.15) is 5.10 Å². The fourth-order valence-electron chi connectivity index (χ4n) is 3.54. The second-order valence-electron chi connectivity index (χ2n) is 7.34. The average Bonchev–Trinajstić information content (AvgIpc) is 3.19. The van der Waals surface area contributed by atoms with E-state index in [0.717, 1.165) is 17.0 Å². The van der Waals surface area contributed by atoms with Gasteiger partial charge in [0.25, 0.3) is 5.56 Å². The molecule has 4 aromatic rings. The first-order valence-electron chi connectivity index (χ1n) is 10.1. The Morgan fingerprint density at radius 1 is 1.16 bits per heavy atom. The largest absolute Gasteiger partial charge is 0.497 e. The van der Waals surface area contributed by atoms with E-state index in [2.05, 4.69) is 20.5 Å². The van der Waals surface area contributed by atoms with E-state index in [1.54, 1.807) is 35.9 Å². The van der Waals surface area contributed by atoms with Crippen molar-refractivity contribution in [2.75, 3.05) is 13.7 Å². The monoisotopic (exact) mass is 421 g/mol. The lowest BCUT2D eigenvalue weighted by atomic mass is 10.1. The Kier molecular flexibility index (Phi) is 6.08. The molecule has 8 heteroatoms. The fraction of sp³-hybridized carbons (Fsp3) is 0.261. The summed E-state index contributed by atoms with van der Waals surface area (Å²) in [6.45, 7) is 3.01. The minimum Gasteiger partial charge on any atom is -0.497 e. The molecule has 0 bridgehead atoms. The molecular weight excluding hydrogens is 397 g/mol. The maximum absolute atomic E-state index is 14.3. The zero-order valence-corrected chi connectivity index (χ0v) is 17.5. The Bertz CT molecular complexity index is 1260. The predicted molar refractivity (Wildman–Crippen MR) is 117 cm³/mol. The summed E-state index contributed by atoms with van der Waals surface area (Å²) in [6.07, 6.45) is 0.651. The van der Waals surface area contributed by atoms with Gasteiger partial charge in [0.05, 0.1) is 19.2 Å². The highest BCUT2D eigenvalue weighted by Gasteiger charge is 2.13. The van der Waals surface area contributed by atoms with Crippen LogP contribution in [0.3, 0.4) is 0 Å². The molecule has 31 heavy (non-hydrogen) atoms. The van der Waals surface area contributed by atoms with Gasteiger partial charge in [-0.1, -0.05) is 18.2 Å². The number of hydrogen-bond donors (Lipinski definition) is 2. The van der Waals surface area contributed by atoms with Crippen molar-refractivity contribution >= 4 is 10.9 Å². The summed E-state index contributed by atoms with van der Waals surface area (Å²) in [5.74, 6) is 1.81. The van der Waals surface area contributed by atoms with Gasteiger partial charge in [0.2, 0.25) is 0 Å². The van der Waals surface area contributed by atoms with Crippen LogP contribution in [0, 0.1) is 12.7 Å². The van der Waals surface area contributed by atoms with Crippen LogP contribution in [0.4, 0.5) is 4.39 Å². The Morgan fingerprint density at radius 2 is 2.00 bits per heavy atom. The molecule has 0 amide bonds. The van der Waals surface area contributed by atoms with E-state index in [0.29, 0.717) is 41.9 Å². The molecule has 0 atom stereocenters. The molecule has 0 aliphatic carbocycles. The summed E-state index contributed by atoms with van der Waals surface area (Å²) in [5, 5.41) is 11.1. The van der Waals surface area contributed by atoms with E-state index >= 15 is 0 Å². The third-order valence-electron chi connectivity index (χ3n) is 5.15. The van der Waals surface area contributed by atoms with Gasteiger partial charge in [0.1, 0.15) is 17.4 Å². The number of aryl methyl sites for hydroxylation is 1. The van der Waals surface area contributed by atoms with Crippen LogP contribution in [-0.4, -0.2) is 33.4 Å². The number of aromatic nitrogens is 4. The number of fused-ring (bicyclic) bond motifs is 1. The van der Waals surface area contributed by atoms with Crippen LogP contribution in [0.1, 0.15) is 22.8 Å². The quantitative estimate of drug-likeness (QED) is 0.427. The van der Waals surface area contributed by atoms with Crippen molar-refractivity contribution in [1.29, 1.82) is 0 Å². The maximum Gasteiger partial charge on any atom is 0.255 e. The van der Waals surface area contributed by atoms with Crippen molar-refractivity contribution in [3.05, 3.63) is 87.5 Å². The molecule has 0 radical (unpaired) electrons. The molecule has 0 aliphatic heterocycles. The van der Waals surface area contributed by atoms with Gasteiger partial charge in [-0.25, -0.2) is 9.37 Å². The van der Waals surface area contributed by atoms with Crippen LogP contribution in [0.5, 0.6) is 5.75 Å². The van der Waals surface area contributed by atoms with Gasteiger partial charge >= 0.3 is 0 Å². The van der Waals surface area contributed by atoms with Gasteiger partial charge in [0.15, 0.2) is 5.82 Å². The van der Waals surface area contributed by atoms with Gasteiger partial charge in [-0.05, 0) is 36.6 Å². The zero-order chi connectivity index (χ0) is 21.8. The van der Waals surface area contributed by atoms with Crippen molar-refractivity contribution in [3.63, 3.8) is 0 Å². The summed E-state index contributed by atoms with van der Waals surface area (Å²) in [6, 6.07) is 13.9. The summed E-state index contributed by atoms with van der Waals surface area (Å²) < 4.78 is 21.2. The van der Waals surface area contributed by atoms with E-state index in [9.17, 15) is 9.18 Å². The van der Waals surface area contributed by atoms with Crippen molar-refractivity contribution in [3.8, 4) is 5.75 Å². The first kappa shape index (κ1) is 20.7. The number of benzene rings is 2. The number of H-pyrrole nitrogens is 1. The molecule has 0 saturated heterocycles. The second kappa shape index (κ2) is 9.09. The fourth-order valence-corrected chi connectivity index (χ4v) is 3.54. The predicted octanol–water partition coefficient (Wildman–Crippen LogP) is 2.96. The molecular formula is C23H24FN5O2. The van der Waals surface area contributed by atoms with Crippen LogP contribution in [-0.2, 0) is 19.5 Å². The third kappa shape index (κ3) is 4.64. The zero-order valence-electron chi connectivity index (χ0n) is 17.5. The van der Waals surface area contributed by atoms with E-state index in [1.165, 1.54) is 6.07 Å². The molecule has 2 heterocycles. The van der Waals surface area contributed by atoms with Crippen molar-refractivity contribution in [1.82, 2.24) is 25.1 Å². The number of rotatable bonds is 8. The lowest BCUT2D eigenvalue weighted by Crippen LogP contribution is -2.29. The van der Waals surface area contributed by atoms with Crippen LogP contribution < -0.4 is 15.6 Å². The SMILES string of the molecule is COc1ccc2cc(CNCCc3n[nH]c(C)n3)c(=O)n(Cc3ccccc3F)c2c1. The smallest absolute Gasteiger partial charge is 0.255 e. The molecule has 4 rings (SSSR count). The molecule has 0 aliphatic rings. The number of ether oxygens (including phenoxy) is 1. The summed E-state index contributed by atoms with van der Waals surface area (Å²) >= 11 is 0. The normalized spacial score (nSPS) is 11.2. The number of halogens is 1. The van der Waals surface area contributed by atoms with Crippen LogP contribution >= 0.6 is 0 Å². The number of aromatic amines is 1. The molecule has 0 saturated carbocycles. The lowest BCUT2D eigenvalue weighted by Gasteiger charge is -2.15. The first-order chi connectivity index (χ1) is 15.0. The van der Waals surface area contributed by atoms with Crippen molar-refractivity contribution < 1.29 is 9.13 Å². The molecule has 0 fully saturated rings. The Morgan fingerprint density at radius 3 is 2.74 bits per heavy atom. The number of methoxy groups -OCH3 is 1. The Balaban J connectivity index is 1.63. The third-order valence-corrected chi connectivity index (χ3v) is 5.15. The second-order valence-corrected chi connectivity index (χ2v) is 7.34. The molecule has 0 spiro atoms. The molecule has 160 valence electrons. The standard InChI is InChI=1S/C23H24FN5O2/c1-15-26-22(28-27-15)9-10-25-13-18-11-16-7-8-19(31-2)12-21(16)29(23(18)30)14-17-5-3-4-6-20(17)24/h3-8,11-12,25H,9-10,13-14H2,1-2H3,(H,26,27,28). The highest BCUT2D eigenvalue weighted by atomic mass is 19.1. The van der Waals surface area contributed by atoms with Gasteiger partial charge < -0.3 is 14.6 Å². The van der Waals surface area contributed by atoms with E-state index in [4.69, 9.17) is 4.74 Å². The topological polar surface area (TPSA) is 84.8 Å². The van der Waals surface area contributed by atoms with Gasteiger partial charge in [-0.15, -0.1) is 0 Å². The Labute approximate surface area is 178 Å². The van der Waals surface area contributed by atoms with Crippen LogP contribution in [0.15, 0.2) is 53.3 Å². The molecule has 2 aromatic carbocycles. The van der Waals surface area contributed by atoms with Gasteiger partial charge in [-0.3, -0.25) is 9.89 Å². The number of pyridine rings is 1. The van der Waals surface area contributed by atoms with Crippen LogP contribution in [0.25, 0.3) is 10.9 Å². The molecule has 2 N–H and O–H groups in total. The minimum absolute atomic E-state index is 0.138. The highest BCUT2D eigenvalue weighted by molar-refractivity contribution is 5.81. The van der Waals surface area contributed by atoms with Crippen molar-refractivity contribution in [2.45, 2.75) is 26.4 Å². The van der Waals surface area contributed by atoms with Crippen LogP contribution in [0.2, 0.25) is 0 Å². The summed E-state index contributed by atoms with van der Waals surface area (Å²) in [4.78, 5) is 17.6. The first-order valence-corrected chi connectivity index (χ1v) is 10.1. The number of nitrogens with one attached hydrogen (secondary N) is 2. The number of nitrogens with zero attached hydrogens (tertiary/aromatic N) is 3. The minimum atomic E-state index is -0.337. The lowest BCUT2D eigenvalue weighted by molar-refractivity contribution is 0.415. The van der Waals surface area contributed by atoms with Gasteiger partial charge in [0, 0.05) is 36.7 Å². The summed E-state index contributed by atoms with van der Waals surface area (Å²) in [5.41, 5.74) is 1.61. The Hall–Kier alpha value is -3.52.